The molecule has 2 aliphatic rings. The molecule has 2 aromatic carbocycles. The highest BCUT2D eigenvalue weighted by Crippen LogP contribution is 2.23. The lowest BCUT2D eigenvalue weighted by Gasteiger charge is -2.33. The molecule has 3 amide bonds. The van der Waals surface area contributed by atoms with Gasteiger partial charge in [0.2, 0.25) is 5.91 Å². The van der Waals surface area contributed by atoms with E-state index in [9.17, 15) is 14.4 Å². The summed E-state index contributed by atoms with van der Waals surface area (Å²) in [6.45, 7) is 0.831. The number of rotatable bonds is 4. The number of carbonyl (C=O) groups excluding carboxylic acids is 3. The van der Waals surface area contributed by atoms with E-state index in [0.717, 1.165) is 23.5 Å². The number of nitrogens with zero attached hydrogens (tertiary/aromatic N) is 2. The van der Waals surface area contributed by atoms with Gasteiger partial charge in [0.05, 0.1) is 17.7 Å². The first-order chi connectivity index (χ1) is 13.1. The Morgan fingerprint density at radius 2 is 1.59 bits per heavy atom. The van der Waals surface area contributed by atoms with E-state index in [1.54, 1.807) is 29.2 Å². The van der Waals surface area contributed by atoms with Crippen molar-refractivity contribution in [2.45, 2.75) is 18.9 Å². The van der Waals surface area contributed by atoms with Crippen molar-refractivity contribution in [1.82, 2.24) is 9.80 Å². The van der Waals surface area contributed by atoms with Crippen LogP contribution in [0.3, 0.4) is 0 Å². The van der Waals surface area contributed by atoms with Gasteiger partial charge in [0.1, 0.15) is 18.4 Å². The van der Waals surface area contributed by atoms with Crippen LogP contribution in [0.2, 0.25) is 0 Å². The van der Waals surface area contributed by atoms with E-state index in [-0.39, 0.29) is 18.6 Å². The van der Waals surface area contributed by atoms with Crippen LogP contribution in [-0.2, 0) is 4.79 Å². The molecule has 4 rings (SSSR count). The zero-order chi connectivity index (χ0) is 18.8. The highest BCUT2D eigenvalue weighted by atomic mass is 16.5. The van der Waals surface area contributed by atoms with Gasteiger partial charge in [-0.25, -0.2) is 0 Å². The molecule has 0 radical (unpaired) electrons. The maximum Gasteiger partial charge on any atom is 0.262 e. The van der Waals surface area contributed by atoms with Gasteiger partial charge in [0.15, 0.2) is 0 Å². The van der Waals surface area contributed by atoms with Crippen molar-refractivity contribution in [2.75, 3.05) is 19.6 Å². The van der Waals surface area contributed by atoms with Crippen molar-refractivity contribution in [3.05, 3.63) is 65.7 Å². The normalized spacial score (nSPS) is 19.2. The van der Waals surface area contributed by atoms with Gasteiger partial charge in [0, 0.05) is 6.54 Å². The Morgan fingerprint density at radius 3 is 2.26 bits per heavy atom. The number of piperidine rings is 1. The summed E-state index contributed by atoms with van der Waals surface area (Å²) in [6.07, 6.45) is 1.60. The van der Waals surface area contributed by atoms with Crippen LogP contribution < -0.4 is 4.74 Å². The lowest BCUT2D eigenvalue weighted by molar-refractivity contribution is -0.134. The number of fused-ring (bicyclic) bond motifs is 1. The van der Waals surface area contributed by atoms with E-state index < -0.39 is 11.8 Å². The van der Waals surface area contributed by atoms with Crippen LogP contribution >= 0.6 is 0 Å². The summed E-state index contributed by atoms with van der Waals surface area (Å²) in [5, 5.41) is 0. The number of para-hydroxylation sites is 1. The first kappa shape index (κ1) is 17.3. The molecular formula is C21H20N2O4. The summed E-state index contributed by atoms with van der Waals surface area (Å²) in [7, 11) is 0. The van der Waals surface area contributed by atoms with E-state index in [0.29, 0.717) is 24.2 Å². The minimum Gasteiger partial charge on any atom is -0.489 e. The summed E-state index contributed by atoms with van der Waals surface area (Å²) >= 11 is 0. The second-order valence-electron chi connectivity index (χ2n) is 6.78. The molecule has 6 heteroatoms. The molecule has 0 bridgehead atoms. The minimum absolute atomic E-state index is 0.0905. The first-order valence-electron chi connectivity index (χ1n) is 9.08. The quantitative estimate of drug-likeness (QED) is 0.781. The second kappa shape index (κ2) is 7.23. The highest BCUT2D eigenvalue weighted by molar-refractivity contribution is 6.22. The molecule has 138 valence electrons. The third kappa shape index (κ3) is 3.43. The monoisotopic (exact) mass is 364 g/mol. The fraction of sp³-hybridized carbons (Fsp3) is 0.286. The van der Waals surface area contributed by atoms with E-state index in [1.807, 2.05) is 30.3 Å². The average Bonchev–Trinajstić information content (AvgIpc) is 2.94. The van der Waals surface area contributed by atoms with Gasteiger partial charge >= 0.3 is 0 Å². The molecule has 0 saturated carbocycles. The van der Waals surface area contributed by atoms with Crippen LogP contribution in [0, 0.1) is 0 Å². The van der Waals surface area contributed by atoms with Crippen molar-refractivity contribution in [1.29, 1.82) is 0 Å². The maximum absolute atomic E-state index is 12.7. The smallest absolute Gasteiger partial charge is 0.262 e. The van der Waals surface area contributed by atoms with E-state index in [2.05, 4.69) is 0 Å². The number of carbonyl (C=O) groups is 3. The molecule has 2 aromatic rings. The maximum atomic E-state index is 12.7. The standard InChI is InChI=1S/C21H20N2O4/c24-19(14-23-20(25)17-10-4-5-11-18(17)21(23)26)22-12-6-9-16(13-22)27-15-7-2-1-3-8-15/h1-5,7-8,10-11,16H,6,9,12-14H2. The van der Waals surface area contributed by atoms with Crippen LogP contribution in [-0.4, -0.2) is 53.3 Å². The molecule has 1 saturated heterocycles. The van der Waals surface area contributed by atoms with Crippen molar-refractivity contribution in [2.24, 2.45) is 0 Å². The van der Waals surface area contributed by atoms with Crippen molar-refractivity contribution in [3.8, 4) is 5.75 Å². The topological polar surface area (TPSA) is 66.9 Å². The van der Waals surface area contributed by atoms with Crippen molar-refractivity contribution in [3.63, 3.8) is 0 Å². The number of imide groups is 1. The Labute approximate surface area is 157 Å². The number of hydrogen-bond acceptors (Lipinski definition) is 4. The van der Waals surface area contributed by atoms with Crippen LogP contribution in [0.15, 0.2) is 54.6 Å². The number of likely N-dealkylation sites (tertiary alicyclic amines) is 1. The molecule has 0 aromatic heterocycles. The molecule has 1 unspecified atom stereocenters. The molecule has 6 nitrogen and oxygen atoms in total. The summed E-state index contributed by atoms with van der Waals surface area (Å²) in [6, 6.07) is 16.2. The Bertz CT molecular complexity index is 846. The number of benzene rings is 2. The van der Waals surface area contributed by atoms with E-state index in [4.69, 9.17) is 4.74 Å². The molecule has 0 aliphatic carbocycles. The predicted molar refractivity (Wildman–Crippen MR) is 98.5 cm³/mol. The lowest BCUT2D eigenvalue weighted by Crippen LogP contribution is -2.49. The number of hydrogen-bond donors (Lipinski definition) is 0. The van der Waals surface area contributed by atoms with Crippen LogP contribution in [0.25, 0.3) is 0 Å². The molecule has 27 heavy (non-hydrogen) atoms. The first-order valence-corrected chi connectivity index (χ1v) is 9.08. The largest absolute Gasteiger partial charge is 0.489 e. The Balaban J connectivity index is 1.40. The summed E-state index contributed by atoms with van der Waals surface area (Å²) < 4.78 is 5.96. The fourth-order valence-electron chi connectivity index (χ4n) is 3.57. The highest BCUT2D eigenvalue weighted by Gasteiger charge is 2.37. The SMILES string of the molecule is O=C(CN1C(=O)c2ccccc2C1=O)N1CCCC(Oc2ccccc2)C1. The lowest BCUT2D eigenvalue weighted by atomic mass is 10.1. The van der Waals surface area contributed by atoms with Crippen LogP contribution in [0.4, 0.5) is 0 Å². The molecule has 2 aliphatic heterocycles. The van der Waals surface area contributed by atoms with Gasteiger partial charge in [-0.3, -0.25) is 19.3 Å². The van der Waals surface area contributed by atoms with E-state index >= 15 is 0 Å². The molecule has 0 N–H and O–H groups in total. The number of amides is 3. The van der Waals surface area contributed by atoms with Gasteiger partial charge in [-0.15, -0.1) is 0 Å². The van der Waals surface area contributed by atoms with Gasteiger partial charge in [-0.05, 0) is 37.1 Å². The van der Waals surface area contributed by atoms with Gasteiger partial charge < -0.3 is 9.64 Å². The molecule has 1 atom stereocenters. The molecule has 0 spiro atoms. The Morgan fingerprint density at radius 1 is 0.963 bits per heavy atom. The average molecular weight is 364 g/mol. The van der Waals surface area contributed by atoms with Crippen molar-refractivity contribution >= 4 is 17.7 Å². The van der Waals surface area contributed by atoms with Gasteiger partial charge in [-0.2, -0.15) is 0 Å². The Kier molecular flexibility index (Phi) is 4.62. The molecular weight excluding hydrogens is 344 g/mol. The third-order valence-electron chi connectivity index (χ3n) is 4.95. The van der Waals surface area contributed by atoms with Crippen molar-refractivity contribution < 1.29 is 19.1 Å². The van der Waals surface area contributed by atoms with Crippen LogP contribution in [0.1, 0.15) is 33.6 Å². The third-order valence-corrected chi connectivity index (χ3v) is 4.95. The Hall–Kier alpha value is -3.15. The summed E-state index contributed by atoms with van der Waals surface area (Å²) in [4.78, 5) is 40.3. The number of ether oxygens (including phenoxy) is 1. The van der Waals surface area contributed by atoms with E-state index in [1.165, 1.54) is 0 Å². The van der Waals surface area contributed by atoms with Crippen LogP contribution in [0.5, 0.6) is 5.75 Å². The summed E-state index contributed by atoms with van der Waals surface area (Å²) in [5.41, 5.74) is 0.721. The fourth-order valence-corrected chi connectivity index (χ4v) is 3.57. The van der Waals surface area contributed by atoms with Gasteiger partial charge in [-0.1, -0.05) is 30.3 Å². The second-order valence-corrected chi connectivity index (χ2v) is 6.78. The zero-order valence-electron chi connectivity index (χ0n) is 14.8. The minimum atomic E-state index is -0.405. The zero-order valence-corrected chi connectivity index (χ0v) is 14.8. The molecule has 1 fully saturated rings. The molecule has 2 heterocycles. The predicted octanol–water partition coefficient (Wildman–Crippen LogP) is 2.35. The van der Waals surface area contributed by atoms with Gasteiger partial charge in [0.25, 0.3) is 11.8 Å². The summed E-state index contributed by atoms with van der Waals surface area (Å²) in [5.74, 6) is -0.265.